The Hall–Kier alpha value is -2.93. The molecule has 0 saturated carbocycles. The van der Waals surface area contributed by atoms with Gasteiger partial charge in [-0.1, -0.05) is 18.2 Å². The average molecular weight is 379 g/mol. The number of hydrogen-bond acceptors (Lipinski definition) is 5. The lowest BCUT2D eigenvalue weighted by atomic mass is 10.0. The molecule has 28 heavy (non-hydrogen) atoms. The van der Waals surface area contributed by atoms with Crippen LogP contribution in [0.25, 0.3) is 11.0 Å². The number of benzene rings is 1. The summed E-state index contributed by atoms with van der Waals surface area (Å²) in [6.45, 7) is 2.57. The van der Waals surface area contributed by atoms with Crippen LogP contribution in [0.2, 0.25) is 0 Å². The second-order valence-electron chi connectivity index (χ2n) is 7.09. The van der Waals surface area contributed by atoms with E-state index in [9.17, 15) is 4.79 Å². The van der Waals surface area contributed by atoms with Crippen molar-refractivity contribution >= 4 is 16.9 Å². The van der Waals surface area contributed by atoms with Crippen LogP contribution in [0.15, 0.2) is 42.6 Å². The molecule has 2 N–H and O–H groups in total. The number of para-hydroxylation sites is 1. The van der Waals surface area contributed by atoms with Crippen LogP contribution >= 0.6 is 0 Å². The predicted octanol–water partition coefficient (Wildman–Crippen LogP) is 1.96. The maximum Gasteiger partial charge on any atom is 0.227 e. The van der Waals surface area contributed by atoms with Crippen LogP contribution in [-0.2, 0) is 17.8 Å². The molecule has 0 aliphatic carbocycles. The van der Waals surface area contributed by atoms with E-state index >= 15 is 0 Å². The topological polar surface area (TPSA) is 86.3 Å². The van der Waals surface area contributed by atoms with Gasteiger partial charge >= 0.3 is 0 Å². The Kier molecular flexibility index (Phi) is 5.25. The molecule has 2 aromatic heterocycles. The molecule has 3 heterocycles. The van der Waals surface area contributed by atoms with Crippen molar-refractivity contribution in [3.8, 4) is 5.75 Å². The van der Waals surface area contributed by atoms with Gasteiger partial charge in [-0.05, 0) is 24.6 Å². The molecule has 4 rings (SSSR count). The number of rotatable bonds is 6. The number of nitrogens with two attached hydrogens (primary N) is 1. The smallest absolute Gasteiger partial charge is 0.227 e. The van der Waals surface area contributed by atoms with Crippen LogP contribution < -0.4 is 10.5 Å². The van der Waals surface area contributed by atoms with Crippen molar-refractivity contribution in [2.24, 2.45) is 5.73 Å². The fourth-order valence-corrected chi connectivity index (χ4v) is 3.95. The van der Waals surface area contributed by atoms with E-state index in [4.69, 9.17) is 15.6 Å². The van der Waals surface area contributed by atoms with Gasteiger partial charge in [-0.3, -0.25) is 4.79 Å². The number of ether oxygens (including phenoxy) is 1. The number of methoxy groups -OCH3 is 1. The van der Waals surface area contributed by atoms with E-state index in [1.54, 1.807) is 13.3 Å². The maximum absolute atomic E-state index is 12.8. The Bertz CT molecular complexity index is 984. The minimum atomic E-state index is 0.121. The monoisotopic (exact) mass is 379 g/mol. The van der Waals surface area contributed by atoms with Crippen LogP contribution in [0.3, 0.4) is 0 Å². The molecular formula is C21H25N5O2. The van der Waals surface area contributed by atoms with Gasteiger partial charge in [-0.15, -0.1) is 0 Å². The molecule has 1 aliphatic rings. The number of hydrogen-bond donors (Lipinski definition) is 1. The summed E-state index contributed by atoms with van der Waals surface area (Å²) in [5.74, 6) is 1.09. The predicted molar refractivity (Wildman–Crippen MR) is 107 cm³/mol. The van der Waals surface area contributed by atoms with E-state index in [1.807, 2.05) is 39.9 Å². The molecular weight excluding hydrogens is 354 g/mol. The van der Waals surface area contributed by atoms with Gasteiger partial charge in [0, 0.05) is 42.7 Å². The molecule has 1 atom stereocenters. The van der Waals surface area contributed by atoms with Gasteiger partial charge < -0.3 is 15.4 Å². The van der Waals surface area contributed by atoms with Gasteiger partial charge in [-0.25, -0.2) is 9.67 Å². The molecule has 1 fully saturated rings. The fourth-order valence-electron chi connectivity index (χ4n) is 3.95. The maximum atomic E-state index is 12.8. The Balaban J connectivity index is 1.51. The zero-order valence-corrected chi connectivity index (χ0v) is 16.0. The highest BCUT2D eigenvalue weighted by Crippen LogP contribution is 2.31. The number of carbonyl (C=O) groups excluding carboxylic acids is 1. The van der Waals surface area contributed by atoms with Crippen molar-refractivity contribution in [2.75, 3.05) is 26.7 Å². The first-order valence-corrected chi connectivity index (χ1v) is 9.62. The minimum Gasteiger partial charge on any atom is -0.496 e. The molecule has 1 amide bonds. The Labute approximate surface area is 164 Å². The summed E-state index contributed by atoms with van der Waals surface area (Å²) in [7, 11) is 1.63. The summed E-state index contributed by atoms with van der Waals surface area (Å²) in [5, 5.41) is 5.84. The fraction of sp³-hybridized carbons (Fsp3) is 0.381. The summed E-state index contributed by atoms with van der Waals surface area (Å²) >= 11 is 0. The molecule has 0 spiro atoms. The first kappa shape index (κ1) is 18.4. The first-order valence-electron chi connectivity index (χ1n) is 9.62. The van der Waals surface area contributed by atoms with E-state index < -0.39 is 0 Å². The summed E-state index contributed by atoms with van der Waals surface area (Å²) in [5.41, 5.74) is 8.52. The minimum absolute atomic E-state index is 0.121. The average Bonchev–Trinajstić information content (AvgIpc) is 3.34. The third-order valence-corrected chi connectivity index (χ3v) is 5.34. The molecule has 0 bridgehead atoms. The van der Waals surface area contributed by atoms with E-state index in [-0.39, 0.29) is 11.8 Å². The lowest BCUT2D eigenvalue weighted by Crippen LogP contribution is -2.30. The lowest BCUT2D eigenvalue weighted by Gasteiger charge is -2.17. The lowest BCUT2D eigenvalue weighted by molar-refractivity contribution is -0.129. The van der Waals surface area contributed by atoms with Crippen LogP contribution in [0, 0.1) is 0 Å². The van der Waals surface area contributed by atoms with Crippen LogP contribution in [0.4, 0.5) is 0 Å². The highest BCUT2D eigenvalue weighted by Gasteiger charge is 2.31. The normalized spacial score (nSPS) is 16.6. The number of nitrogens with zero attached hydrogens (tertiary/aromatic N) is 4. The Morgan fingerprint density at radius 3 is 2.96 bits per heavy atom. The van der Waals surface area contributed by atoms with E-state index in [1.165, 1.54) is 0 Å². The summed E-state index contributed by atoms with van der Waals surface area (Å²) in [6.07, 6.45) is 3.03. The standard InChI is InChI=1S/C21H25N5O2/c1-28-18-7-3-2-5-15(18)13-19(27)25-11-8-16(14-25)20-17-6-4-10-23-21(17)26(24-20)12-9-22/h2-7,10,16H,8-9,11-14,22H2,1H3. The van der Waals surface area contributed by atoms with Gasteiger partial charge in [-0.2, -0.15) is 5.10 Å². The number of amides is 1. The van der Waals surface area contributed by atoms with Gasteiger partial charge in [0.05, 0.1) is 25.8 Å². The molecule has 1 saturated heterocycles. The first-order chi connectivity index (χ1) is 13.7. The van der Waals surface area contributed by atoms with Crippen molar-refractivity contribution in [3.05, 3.63) is 53.9 Å². The zero-order valence-electron chi connectivity index (χ0n) is 16.0. The number of aromatic nitrogens is 3. The number of carbonyl (C=O) groups is 1. The number of likely N-dealkylation sites (tertiary alicyclic amines) is 1. The highest BCUT2D eigenvalue weighted by molar-refractivity contribution is 5.81. The molecule has 1 aliphatic heterocycles. The van der Waals surface area contributed by atoms with Crippen molar-refractivity contribution in [3.63, 3.8) is 0 Å². The summed E-state index contributed by atoms with van der Waals surface area (Å²) in [6, 6.07) is 11.7. The van der Waals surface area contributed by atoms with Crippen molar-refractivity contribution in [1.29, 1.82) is 0 Å². The number of pyridine rings is 1. The molecule has 7 nitrogen and oxygen atoms in total. The summed E-state index contributed by atoms with van der Waals surface area (Å²) in [4.78, 5) is 19.3. The van der Waals surface area contributed by atoms with Crippen LogP contribution in [0.1, 0.15) is 23.6 Å². The molecule has 1 unspecified atom stereocenters. The van der Waals surface area contributed by atoms with Gasteiger partial charge in [0.25, 0.3) is 0 Å². The summed E-state index contributed by atoms with van der Waals surface area (Å²) < 4.78 is 7.25. The van der Waals surface area contributed by atoms with E-state index in [0.717, 1.165) is 41.0 Å². The Morgan fingerprint density at radius 1 is 1.29 bits per heavy atom. The van der Waals surface area contributed by atoms with Crippen LogP contribution in [0.5, 0.6) is 5.75 Å². The molecule has 146 valence electrons. The third kappa shape index (κ3) is 3.45. The largest absolute Gasteiger partial charge is 0.496 e. The quantitative estimate of drug-likeness (QED) is 0.707. The van der Waals surface area contributed by atoms with E-state index in [2.05, 4.69) is 11.1 Å². The van der Waals surface area contributed by atoms with E-state index in [0.29, 0.717) is 26.1 Å². The highest BCUT2D eigenvalue weighted by atomic mass is 16.5. The third-order valence-electron chi connectivity index (χ3n) is 5.34. The van der Waals surface area contributed by atoms with Crippen molar-refractivity contribution in [2.45, 2.75) is 25.3 Å². The number of fused-ring (bicyclic) bond motifs is 1. The second-order valence-corrected chi connectivity index (χ2v) is 7.09. The van der Waals surface area contributed by atoms with Gasteiger partial charge in [0.1, 0.15) is 5.75 Å². The molecule has 3 aromatic rings. The van der Waals surface area contributed by atoms with Crippen molar-refractivity contribution in [1.82, 2.24) is 19.7 Å². The van der Waals surface area contributed by atoms with Gasteiger partial charge in [0.15, 0.2) is 5.65 Å². The molecule has 1 aromatic carbocycles. The Morgan fingerprint density at radius 2 is 2.14 bits per heavy atom. The SMILES string of the molecule is COc1ccccc1CC(=O)N1CCC(c2nn(CCN)c3ncccc23)C1. The second kappa shape index (κ2) is 7.98. The van der Waals surface area contributed by atoms with Crippen LogP contribution in [-0.4, -0.2) is 52.3 Å². The van der Waals surface area contributed by atoms with Crippen molar-refractivity contribution < 1.29 is 9.53 Å². The zero-order chi connectivity index (χ0) is 19.5. The van der Waals surface area contributed by atoms with Gasteiger partial charge in [0.2, 0.25) is 5.91 Å². The molecule has 0 radical (unpaired) electrons. The molecule has 7 heteroatoms.